The highest BCUT2D eigenvalue weighted by Gasteiger charge is 2.47. The Balaban J connectivity index is 1.73. The highest BCUT2D eigenvalue weighted by atomic mass is 19.3. The second-order valence-electron chi connectivity index (χ2n) is 7.34. The number of piperidine rings is 1. The maximum absolute atomic E-state index is 14.6. The van der Waals surface area contributed by atoms with E-state index in [4.69, 9.17) is 9.47 Å². The van der Waals surface area contributed by atoms with E-state index >= 15 is 0 Å². The van der Waals surface area contributed by atoms with Gasteiger partial charge in [-0.1, -0.05) is 0 Å². The van der Waals surface area contributed by atoms with Crippen molar-refractivity contribution >= 4 is 0 Å². The van der Waals surface area contributed by atoms with Crippen molar-refractivity contribution < 1.29 is 18.3 Å². The lowest BCUT2D eigenvalue weighted by molar-refractivity contribution is -0.135. The summed E-state index contributed by atoms with van der Waals surface area (Å²) in [6, 6.07) is -0.620. The SMILES string of the molecule is CCOCCN1CCC(N2CCN(CCOC(C)C)CC2)C(F)(F)C1. The minimum Gasteiger partial charge on any atom is -0.380 e. The lowest BCUT2D eigenvalue weighted by atomic mass is 9.98. The largest absolute Gasteiger partial charge is 0.380 e. The molecule has 0 aromatic heterocycles. The number of piperazine rings is 1. The van der Waals surface area contributed by atoms with Crippen LogP contribution >= 0.6 is 0 Å². The molecule has 2 heterocycles. The standard InChI is InChI=1S/C18H35F2N3O2/c1-4-24-13-11-22-6-5-17(18(19,20)15-22)23-9-7-21(8-10-23)12-14-25-16(2)3/h16-17H,4-15H2,1-3H3. The van der Waals surface area contributed by atoms with Gasteiger partial charge in [0.15, 0.2) is 0 Å². The Morgan fingerprint density at radius 3 is 2.28 bits per heavy atom. The molecule has 1 atom stereocenters. The number of hydrogen-bond donors (Lipinski definition) is 0. The molecule has 2 fully saturated rings. The first-order valence-corrected chi connectivity index (χ1v) is 9.68. The van der Waals surface area contributed by atoms with Crippen LogP contribution in [0.25, 0.3) is 0 Å². The predicted molar refractivity (Wildman–Crippen MR) is 95.4 cm³/mol. The van der Waals surface area contributed by atoms with Crippen LogP contribution in [-0.4, -0.2) is 105 Å². The van der Waals surface area contributed by atoms with Gasteiger partial charge in [0.2, 0.25) is 0 Å². The molecule has 0 aliphatic carbocycles. The zero-order valence-corrected chi connectivity index (χ0v) is 16.1. The molecule has 7 heteroatoms. The molecule has 148 valence electrons. The molecule has 5 nitrogen and oxygen atoms in total. The van der Waals surface area contributed by atoms with Gasteiger partial charge in [0.1, 0.15) is 0 Å². The second kappa shape index (κ2) is 10.1. The topological polar surface area (TPSA) is 28.2 Å². The lowest BCUT2D eigenvalue weighted by Crippen LogP contribution is -2.62. The quantitative estimate of drug-likeness (QED) is 0.582. The average Bonchev–Trinajstić information content (AvgIpc) is 2.55. The van der Waals surface area contributed by atoms with Crippen molar-refractivity contribution in [1.29, 1.82) is 0 Å². The molecule has 2 rings (SSSR count). The van der Waals surface area contributed by atoms with Crippen LogP contribution in [0.5, 0.6) is 0 Å². The molecule has 0 saturated carbocycles. The molecule has 0 amide bonds. The first-order valence-electron chi connectivity index (χ1n) is 9.68. The molecule has 1 unspecified atom stereocenters. The Bertz CT molecular complexity index is 377. The van der Waals surface area contributed by atoms with Crippen LogP contribution in [0.4, 0.5) is 8.78 Å². The number of ether oxygens (including phenoxy) is 2. The Morgan fingerprint density at radius 2 is 1.68 bits per heavy atom. The molecule has 0 radical (unpaired) electrons. The molecular weight excluding hydrogens is 328 g/mol. The van der Waals surface area contributed by atoms with Crippen LogP contribution in [-0.2, 0) is 9.47 Å². The summed E-state index contributed by atoms with van der Waals surface area (Å²) < 4.78 is 40.2. The van der Waals surface area contributed by atoms with Crippen LogP contribution in [0.15, 0.2) is 0 Å². The van der Waals surface area contributed by atoms with Crippen molar-refractivity contribution in [2.45, 2.75) is 45.3 Å². The van der Waals surface area contributed by atoms with Gasteiger partial charge in [-0.2, -0.15) is 0 Å². The predicted octanol–water partition coefficient (Wildman–Crippen LogP) is 1.78. The zero-order chi connectivity index (χ0) is 18.3. The van der Waals surface area contributed by atoms with E-state index in [1.165, 1.54) is 0 Å². The van der Waals surface area contributed by atoms with Gasteiger partial charge in [-0.3, -0.25) is 14.7 Å². The van der Waals surface area contributed by atoms with Gasteiger partial charge in [-0.05, 0) is 27.2 Å². The fraction of sp³-hybridized carbons (Fsp3) is 1.00. The summed E-state index contributed by atoms with van der Waals surface area (Å²) >= 11 is 0. The molecule has 2 saturated heterocycles. The Kier molecular flexibility index (Phi) is 8.48. The highest BCUT2D eigenvalue weighted by Crippen LogP contribution is 2.31. The van der Waals surface area contributed by atoms with E-state index in [1.807, 2.05) is 30.6 Å². The van der Waals surface area contributed by atoms with Gasteiger partial charge in [-0.25, -0.2) is 8.78 Å². The van der Waals surface area contributed by atoms with Crippen LogP contribution in [0.2, 0.25) is 0 Å². The zero-order valence-electron chi connectivity index (χ0n) is 16.1. The molecule has 0 bridgehead atoms. The van der Waals surface area contributed by atoms with Crippen molar-refractivity contribution in [1.82, 2.24) is 14.7 Å². The molecule has 0 aromatic carbocycles. The summed E-state index contributed by atoms with van der Waals surface area (Å²) in [4.78, 5) is 6.15. The van der Waals surface area contributed by atoms with Gasteiger partial charge in [-0.15, -0.1) is 0 Å². The minimum atomic E-state index is -2.65. The van der Waals surface area contributed by atoms with Gasteiger partial charge >= 0.3 is 0 Å². The Labute approximate surface area is 151 Å². The number of likely N-dealkylation sites (tertiary alicyclic amines) is 1. The van der Waals surface area contributed by atoms with Crippen LogP contribution < -0.4 is 0 Å². The summed E-state index contributed by atoms with van der Waals surface area (Å²) in [7, 11) is 0. The first kappa shape index (κ1) is 21.0. The maximum Gasteiger partial charge on any atom is 0.275 e. The molecule has 2 aliphatic rings. The molecule has 0 spiro atoms. The van der Waals surface area contributed by atoms with E-state index in [0.29, 0.717) is 32.8 Å². The molecule has 0 aromatic rings. The van der Waals surface area contributed by atoms with Crippen LogP contribution in [0.3, 0.4) is 0 Å². The third-order valence-corrected chi connectivity index (χ3v) is 5.10. The maximum atomic E-state index is 14.6. The summed E-state index contributed by atoms with van der Waals surface area (Å²) in [6.45, 7) is 13.1. The normalized spacial score (nSPS) is 26.4. The van der Waals surface area contributed by atoms with Crippen molar-refractivity contribution in [2.75, 3.05) is 72.2 Å². The second-order valence-corrected chi connectivity index (χ2v) is 7.34. The number of hydrogen-bond acceptors (Lipinski definition) is 5. The van der Waals surface area contributed by atoms with E-state index in [2.05, 4.69) is 4.90 Å². The summed E-state index contributed by atoms with van der Waals surface area (Å²) in [6.07, 6.45) is 0.781. The summed E-state index contributed by atoms with van der Waals surface area (Å²) in [5, 5.41) is 0. The van der Waals surface area contributed by atoms with Crippen molar-refractivity contribution in [3.63, 3.8) is 0 Å². The van der Waals surface area contributed by atoms with Crippen LogP contribution in [0, 0.1) is 0 Å². The third kappa shape index (κ3) is 6.71. The van der Waals surface area contributed by atoms with Crippen molar-refractivity contribution in [2.24, 2.45) is 0 Å². The Morgan fingerprint density at radius 1 is 1.00 bits per heavy atom. The lowest BCUT2D eigenvalue weighted by Gasteiger charge is -2.46. The third-order valence-electron chi connectivity index (χ3n) is 5.10. The van der Waals surface area contributed by atoms with Crippen LogP contribution in [0.1, 0.15) is 27.2 Å². The number of halogens is 2. The average molecular weight is 363 g/mol. The summed E-state index contributed by atoms with van der Waals surface area (Å²) in [5.41, 5.74) is 0. The molecule has 25 heavy (non-hydrogen) atoms. The molecular formula is C18H35F2N3O2. The van der Waals surface area contributed by atoms with Gasteiger partial charge in [0.25, 0.3) is 5.92 Å². The number of alkyl halides is 2. The molecule has 0 N–H and O–H groups in total. The van der Waals surface area contributed by atoms with Crippen molar-refractivity contribution in [3.8, 4) is 0 Å². The minimum absolute atomic E-state index is 0.146. The van der Waals surface area contributed by atoms with Crippen molar-refractivity contribution in [3.05, 3.63) is 0 Å². The fourth-order valence-electron chi connectivity index (χ4n) is 3.69. The van der Waals surface area contributed by atoms with E-state index in [0.717, 1.165) is 39.3 Å². The fourth-order valence-corrected chi connectivity index (χ4v) is 3.69. The monoisotopic (exact) mass is 363 g/mol. The smallest absolute Gasteiger partial charge is 0.275 e. The van der Waals surface area contributed by atoms with E-state index in [-0.39, 0.29) is 12.6 Å². The summed E-state index contributed by atoms with van der Waals surface area (Å²) in [5.74, 6) is -2.65. The highest BCUT2D eigenvalue weighted by molar-refractivity contribution is 4.94. The van der Waals surface area contributed by atoms with Gasteiger partial charge < -0.3 is 9.47 Å². The Hall–Kier alpha value is -0.340. The van der Waals surface area contributed by atoms with Gasteiger partial charge in [0, 0.05) is 52.4 Å². The first-order chi connectivity index (χ1) is 11.9. The number of rotatable bonds is 9. The number of nitrogens with zero attached hydrogens (tertiary/aromatic N) is 3. The van der Waals surface area contributed by atoms with Gasteiger partial charge in [0.05, 0.1) is 31.9 Å². The van der Waals surface area contributed by atoms with E-state index in [1.54, 1.807) is 0 Å². The van der Waals surface area contributed by atoms with E-state index < -0.39 is 12.0 Å². The van der Waals surface area contributed by atoms with E-state index in [9.17, 15) is 8.78 Å². The molecule has 2 aliphatic heterocycles.